The van der Waals surface area contributed by atoms with Crippen LogP contribution < -0.4 is 5.32 Å². The average molecular weight is 272 g/mol. The van der Waals surface area contributed by atoms with Crippen molar-refractivity contribution in [3.8, 4) is 0 Å². The molecule has 0 aliphatic carbocycles. The topological polar surface area (TPSA) is 12.0 Å². The lowest BCUT2D eigenvalue weighted by molar-refractivity contribution is 0.695. The molecule has 84 valence electrons. The van der Waals surface area contributed by atoms with Crippen molar-refractivity contribution in [3.63, 3.8) is 0 Å². The number of thiophene rings is 1. The zero-order valence-corrected chi connectivity index (χ0v) is 10.9. The molecule has 0 bridgehead atoms. The van der Waals surface area contributed by atoms with Gasteiger partial charge in [-0.3, -0.25) is 0 Å². The molecular weight excluding hydrogens is 261 g/mol. The molecule has 0 spiro atoms. The molecule has 0 atom stereocenters. The lowest BCUT2D eigenvalue weighted by Crippen LogP contribution is -2.12. The second-order valence-corrected chi connectivity index (χ2v) is 5.01. The van der Waals surface area contributed by atoms with Crippen molar-refractivity contribution in [2.75, 3.05) is 0 Å². The van der Waals surface area contributed by atoms with Crippen LogP contribution in [0.3, 0.4) is 0 Å². The normalized spacial score (nSPS) is 10.6. The highest BCUT2D eigenvalue weighted by Gasteiger charge is 2.03. The van der Waals surface area contributed by atoms with E-state index in [4.69, 9.17) is 23.2 Å². The monoisotopic (exact) mass is 271 g/mol. The summed E-state index contributed by atoms with van der Waals surface area (Å²) >= 11 is 13.7. The van der Waals surface area contributed by atoms with Crippen molar-refractivity contribution in [3.05, 3.63) is 56.2 Å². The van der Waals surface area contributed by atoms with Gasteiger partial charge in [-0.05, 0) is 34.0 Å². The maximum absolute atomic E-state index is 6.08. The van der Waals surface area contributed by atoms with Crippen LogP contribution in [-0.4, -0.2) is 0 Å². The SMILES string of the molecule is Clc1cccc(CNCc2ccsc2)c1Cl. The zero-order chi connectivity index (χ0) is 11.4. The third kappa shape index (κ3) is 2.98. The number of hydrogen-bond acceptors (Lipinski definition) is 2. The molecule has 1 heterocycles. The largest absolute Gasteiger partial charge is 0.309 e. The molecule has 2 aromatic rings. The second kappa shape index (κ2) is 5.69. The molecule has 1 aromatic heterocycles. The lowest BCUT2D eigenvalue weighted by atomic mass is 10.2. The van der Waals surface area contributed by atoms with Crippen LogP contribution in [-0.2, 0) is 13.1 Å². The van der Waals surface area contributed by atoms with Gasteiger partial charge < -0.3 is 5.32 Å². The minimum Gasteiger partial charge on any atom is -0.309 e. The van der Waals surface area contributed by atoms with Crippen molar-refractivity contribution < 1.29 is 0 Å². The van der Waals surface area contributed by atoms with Gasteiger partial charge in [0.2, 0.25) is 0 Å². The van der Waals surface area contributed by atoms with Crippen LogP contribution in [0.4, 0.5) is 0 Å². The molecule has 1 nitrogen and oxygen atoms in total. The molecule has 0 unspecified atom stereocenters. The predicted octanol–water partition coefficient (Wildman–Crippen LogP) is 4.34. The van der Waals surface area contributed by atoms with Gasteiger partial charge in [-0.1, -0.05) is 35.3 Å². The van der Waals surface area contributed by atoms with E-state index in [0.717, 1.165) is 18.7 Å². The highest BCUT2D eigenvalue weighted by molar-refractivity contribution is 7.07. The summed E-state index contributed by atoms with van der Waals surface area (Å²) < 4.78 is 0. The molecule has 0 aliphatic rings. The maximum Gasteiger partial charge on any atom is 0.0637 e. The summed E-state index contributed by atoms with van der Waals surface area (Å²) in [6.45, 7) is 1.58. The fourth-order valence-electron chi connectivity index (χ4n) is 1.42. The first-order valence-corrected chi connectivity index (χ1v) is 6.62. The Morgan fingerprint density at radius 2 is 2.00 bits per heavy atom. The number of nitrogens with one attached hydrogen (secondary N) is 1. The first-order valence-electron chi connectivity index (χ1n) is 4.92. The highest BCUT2D eigenvalue weighted by Crippen LogP contribution is 2.25. The summed E-state index contributed by atoms with van der Waals surface area (Å²) in [4.78, 5) is 0. The van der Waals surface area contributed by atoms with E-state index in [9.17, 15) is 0 Å². The van der Waals surface area contributed by atoms with E-state index in [1.807, 2.05) is 12.1 Å². The summed E-state index contributed by atoms with van der Waals surface area (Å²) in [6, 6.07) is 7.80. The lowest BCUT2D eigenvalue weighted by Gasteiger charge is -2.06. The third-order valence-corrected chi connectivity index (χ3v) is 3.85. The summed E-state index contributed by atoms with van der Waals surface area (Å²) in [5.74, 6) is 0. The van der Waals surface area contributed by atoms with Gasteiger partial charge in [-0.15, -0.1) is 0 Å². The van der Waals surface area contributed by atoms with Gasteiger partial charge in [0.05, 0.1) is 10.0 Å². The van der Waals surface area contributed by atoms with Crippen molar-refractivity contribution in [2.45, 2.75) is 13.1 Å². The molecule has 2 rings (SSSR count). The maximum atomic E-state index is 6.08. The van der Waals surface area contributed by atoms with Gasteiger partial charge >= 0.3 is 0 Å². The van der Waals surface area contributed by atoms with Crippen LogP contribution in [0.25, 0.3) is 0 Å². The van der Waals surface area contributed by atoms with Gasteiger partial charge in [-0.25, -0.2) is 0 Å². The highest BCUT2D eigenvalue weighted by atomic mass is 35.5. The zero-order valence-electron chi connectivity index (χ0n) is 8.54. The van der Waals surface area contributed by atoms with Gasteiger partial charge in [0, 0.05) is 13.1 Å². The Morgan fingerprint density at radius 1 is 1.12 bits per heavy atom. The minimum atomic E-state index is 0.608. The fourth-order valence-corrected chi connectivity index (χ4v) is 2.48. The van der Waals surface area contributed by atoms with Gasteiger partial charge in [0.1, 0.15) is 0 Å². The van der Waals surface area contributed by atoms with Crippen LogP contribution in [0.15, 0.2) is 35.0 Å². The fraction of sp³-hybridized carbons (Fsp3) is 0.167. The molecule has 4 heteroatoms. The molecule has 0 amide bonds. The second-order valence-electron chi connectivity index (χ2n) is 3.45. The molecule has 1 N–H and O–H groups in total. The van der Waals surface area contributed by atoms with Gasteiger partial charge in [-0.2, -0.15) is 11.3 Å². The first-order chi connectivity index (χ1) is 7.77. The van der Waals surface area contributed by atoms with E-state index < -0.39 is 0 Å². The van der Waals surface area contributed by atoms with Crippen molar-refractivity contribution >= 4 is 34.5 Å². The quantitative estimate of drug-likeness (QED) is 0.872. The van der Waals surface area contributed by atoms with Crippen LogP contribution in [0.1, 0.15) is 11.1 Å². The summed E-state index contributed by atoms with van der Waals surface area (Å²) in [7, 11) is 0. The van der Waals surface area contributed by atoms with Crippen LogP contribution >= 0.6 is 34.5 Å². The van der Waals surface area contributed by atoms with Crippen LogP contribution in [0.5, 0.6) is 0 Å². The number of benzene rings is 1. The minimum absolute atomic E-state index is 0.608. The molecule has 0 aliphatic heterocycles. The molecule has 16 heavy (non-hydrogen) atoms. The Labute approximate surface area is 109 Å². The van der Waals surface area contributed by atoms with E-state index in [0.29, 0.717) is 10.0 Å². The first kappa shape index (κ1) is 11.9. The van der Waals surface area contributed by atoms with Crippen molar-refractivity contribution in [1.82, 2.24) is 5.32 Å². The summed E-state index contributed by atoms with van der Waals surface area (Å²) in [6.07, 6.45) is 0. The summed E-state index contributed by atoms with van der Waals surface area (Å²) in [5.41, 5.74) is 2.33. The van der Waals surface area contributed by atoms with Crippen LogP contribution in [0, 0.1) is 0 Å². The van der Waals surface area contributed by atoms with E-state index in [1.165, 1.54) is 5.56 Å². The standard InChI is InChI=1S/C12H11Cl2NS/c13-11-3-1-2-10(12(11)14)7-15-6-9-4-5-16-8-9/h1-5,8,15H,6-7H2. The number of hydrogen-bond donors (Lipinski definition) is 1. The Morgan fingerprint density at radius 3 is 2.75 bits per heavy atom. The van der Waals surface area contributed by atoms with E-state index >= 15 is 0 Å². The van der Waals surface area contributed by atoms with Gasteiger partial charge in [0.25, 0.3) is 0 Å². The smallest absolute Gasteiger partial charge is 0.0637 e. The number of halogens is 2. The Balaban J connectivity index is 1.92. The number of rotatable bonds is 4. The Hall–Kier alpha value is -0.540. The van der Waals surface area contributed by atoms with E-state index in [1.54, 1.807) is 17.4 Å². The molecule has 0 saturated carbocycles. The van der Waals surface area contributed by atoms with Crippen LogP contribution in [0.2, 0.25) is 10.0 Å². The Bertz CT molecular complexity index is 454. The molecule has 0 fully saturated rings. The molecule has 1 aromatic carbocycles. The Kier molecular flexibility index (Phi) is 4.24. The predicted molar refractivity (Wildman–Crippen MR) is 71.3 cm³/mol. The third-order valence-electron chi connectivity index (χ3n) is 2.26. The molecule has 0 radical (unpaired) electrons. The van der Waals surface area contributed by atoms with Crippen molar-refractivity contribution in [2.24, 2.45) is 0 Å². The summed E-state index contributed by atoms with van der Waals surface area (Å²) in [5, 5.41) is 8.79. The van der Waals surface area contributed by atoms with Crippen molar-refractivity contribution in [1.29, 1.82) is 0 Å². The van der Waals surface area contributed by atoms with E-state index in [-0.39, 0.29) is 0 Å². The molecule has 0 saturated heterocycles. The van der Waals surface area contributed by atoms with Gasteiger partial charge in [0.15, 0.2) is 0 Å². The average Bonchev–Trinajstić information content (AvgIpc) is 2.77. The molecular formula is C12H11Cl2NS. The van der Waals surface area contributed by atoms with E-state index in [2.05, 4.69) is 22.1 Å².